The second-order valence-electron chi connectivity index (χ2n) is 4.84. The smallest absolute Gasteiger partial charge is 0.0952 e. The van der Waals surface area contributed by atoms with Crippen LogP contribution in [-0.4, -0.2) is 24.6 Å². The minimum Gasteiger partial charge on any atom is -0.371 e. The highest BCUT2D eigenvalue weighted by Gasteiger charge is 2.22. The molecule has 1 aromatic carbocycles. The standard InChI is InChI=1S/C15H15BrClNOS/c16-13-5-8-20-15(13)10-18-6-7-19-14(9-18)11-1-3-12(17)4-2-11/h1-5,8,14H,6-7,9-10H2. The van der Waals surface area contributed by atoms with Gasteiger partial charge in [-0.15, -0.1) is 11.3 Å². The maximum Gasteiger partial charge on any atom is 0.0952 e. The van der Waals surface area contributed by atoms with Crippen molar-refractivity contribution in [2.75, 3.05) is 19.7 Å². The summed E-state index contributed by atoms with van der Waals surface area (Å²) in [5.74, 6) is 0. The lowest BCUT2D eigenvalue weighted by Gasteiger charge is -2.33. The van der Waals surface area contributed by atoms with Gasteiger partial charge in [-0.3, -0.25) is 4.90 Å². The third-order valence-electron chi connectivity index (χ3n) is 3.45. The van der Waals surface area contributed by atoms with Gasteiger partial charge >= 0.3 is 0 Å². The van der Waals surface area contributed by atoms with Crippen LogP contribution in [0, 0.1) is 0 Å². The van der Waals surface area contributed by atoms with Crippen molar-refractivity contribution in [2.45, 2.75) is 12.6 Å². The molecule has 3 rings (SSSR count). The minimum atomic E-state index is 0.139. The number of ether oxygens (including phenoxy) is 1. The second-order valence-corrected chi connectivity index (χ2v) is 7.13. The van der Waals surface area contributed by atoms with Gasteiger partial charge in [0, 0.05) is 34.0 Å². The Morgan fingerprint density at radius 2 is 2.10 bits per heavy atom. The van der Waals surface area contributed by atoms with Gasteiger partial charge in [-0.05, 0) is 45.1 Å². The molecule has 2 nitrogen and oxygen atoms in total. The van der Waals surface area contributed by atoms with Crippen molar-refractivity contribution in [1.82, 2.24) is 4.90 Å². The zero-order chi connectivity index (χ0) is 13.9. The first kappa shape index (κ1) is 14.5. The molecule has 1 atom stereocenters. The maximum absolute atomic E-state index is 5.94. The van der Waals surface area contributed by atoms with Gasteiger partial charge in [-0.1, -0.05) is 23.7 Å². The van der Waals surface area contributed by atoms with Crippen LogP contribution < -0.4 is 0 Å². The molecule has 20 heavy (non-hydrogen) atoms. The quantitative estimate of drug-likeness (QED) is 0.772. The Bertz CT molecular complexity index is 572. The third-order valence-corrected chi connectivity index (χ3v) is 5.61. The summed E-state index contributed by atoms with van der Waals surface area (Å²) in [5, 5.41) is 2.89. The summed E-state index contributed by atoms with van der Waals surface area (Å²) in [4.78, 5) is 3.82. The SMILES string of the molecule is Clc1ccc(C2CN(Cc3sccc3Br)CCO2)cc1. The number of nitrogens with zero attached hydrogens (tertiary/aromatic N) is 1. The average Bonchev–Trinajstić information content (AvgIpc) is 2.85. The van der Waals surface area contributed by atoms with E-state index in [1.54, 1.807) is 11.3 Å². The molecule has 1 fully saturated rings. The third kappa shape index (κ3) is 3.43. The van der Waals surface area contributed by atoms with Gasteiger partial charge < -0.3 is 4.74 Å². The van der Waals surface area contributed by atoms with Crippen LogP contribution in [0.1, 0.15) is 16.5 Å². The zero-order valence-corrected chi connectivity index (χ0v) is 14.0. The Balaban J connectivity index is 1.67. The van der Waals surface area contributed by atoms with Crippen molar-refractivity contribution >= 4 is 38.9 Å². The molecule has 1 aliphatic heterocycles. The number of halogens is 2. The second kappa shape index (κ2) is 6.58. The first-order valence-electron chi connectivity index (χ1n) is 6.53. The molecule has 0 amide bonds. The normalized spacial score (nSPS) is 20.2. The molecule has 1 unspecified atom stereocenters. The number of rotatable bonds is 3. The summed E-state index contributed by atoms with van der Waals surface area (Å²) >= 11 is 11.3. The van der Waals surface area contributed by atoms with Crippen LogP contribution in [-0.2, 0) is 11.3 Å². The lowest BCUT2D eigenvalue weighted by molar-refractivity contribution is -0.0326. The van der Waals surface area contributed by atoms with Crippen LogP contribution in [0.4, 0.5) is 0 Å². The van der Waals surface area contributed by atoms with Crippen LogP contribution in [0.2, 0.25) is 5.02 Å². The highest BCUT2D eigenvalue weighted by Crippen LogP contribution is 2.28. The highest BCUT2D eigenvalue weighted by molar-refractivity contribution is 9.10. The Kier molecular flexibility index (Phi) is 4.79. The molecule has 0 spiro atoms. The summed E-state index contributed by atoms with van der Waals surface area (Å²) in [5.41, 5.74) is 1.20. The molecule has 0 bridgehead atoms. The lowest BCUT2D eigenvalue weighted by atomic mass is 10.1. The number of morpholine rings is 1. The average molecular weight is 373 g/mol. The highest BCUT2D eigenvalue weighted by atomic mass is 79.9. The van der Waals surface area contributed by atoms with E-state index in [0.717, 1.165) is 31.3 Å². The Hall–Kier alpha value is -0.390. The fourth-order valence-corrected chi connectivity index (χ4v) is 4.01. The van der Waals surface area contributed by atoms with Gasteiger partial charge in [0.05, 0.1) is 12.7 Å². The van der Waals surface area contributed by atoms with Crippen molar-refractivity contribution in [3.8, 4) is 0 Å². The molecule has 0 radical (unpaired) electrons. The van der Waals surface area contributed by atoms with E-state index in [-0.39, 0.29) is 6.10 Å². The van der Waals surface area contributed by atoms with Gasteiger partial charge in [0.15, 0.2) is 0 Å². The predicted octanol–water partition coefficient (Wildman–Crippen LogP) is 4.74. The molecule has 1 saturated heterocycles. The van der Waals surface area contributed by atoms with Crippen LogP contribution in [0.15, 0.2) is 40.2 Å². The van der Waals surface area contributed by atoms with E-state index in [4.69, 9.17) is 16.3 Å². The van der Waals surface area contributed by atoms with Gasteiger partial charge in [-0.2, -0.15) is 0 Å². The Morgan fingerprint density at radius 1 is 1.30 bits per heavy atom. The monoisotopic (exact) mass is 371 g/mol. The van der Waals surface area contributed by atoms with E-state index in [1.807, 2.05) is 12.1 Å². The van der Waals surface area contributed by atoms with Crippen LogP contribution in [0.5, 0.6) is 0 Å². The minimum absolute atomic E-state index is 0.139. The molecule has 1 aromatic heterocycles. The van der Waals surface area contributed by atoms with Crippen LogP contribution in [0.25, 0.3) is 0 Å². The van der Waals surface area contributed by atoms with Crippen molar-refractivity contribution in [1.29, 1.82) is 0 Å². The van der Waals surface area contributed by atoms with Gasteiger partial charge in [0.2, 0.25) is 0 Å². The molecule has 0 aliphatic carbocycles. The zero-order valence-electron chi connectivity index (χ0n) is 10.9. The van der Waals surface area contributed by atoms with Gasteiger partial charge in [0.1, 0.15) is 0 Å². The fraction of sp³-hybridized carbons (Fsp3) is 0.333. The summed E-state index contributed by atoms with van der Waals surface area (Å²) in [6.07, 6.45) is 0.139. The first-order valence-corrected chi connectivity index (χ1v) is 8.59. The first-order chi connectivity index (χ1) is 9.72. The van der Waals surface area contributed by atoms with E-state index in [1.165, 1.54) is 14.9 Å². The largest absolute Gasteiger partial charge is 0.371 e. The van der Waals surface area contributed by atoms with Crippen molar-refractivity contribution in [2.24, 2.45) is 0 Å². The molecule has 1 aliphatic rings. The Labute approximate surface area is 136 Å². The van der Waals surface area contributed by atoms with E-state index in [9.17, 15) is 0 Å². The van der Waals surface area contributed by atoms with Crippen LogP contribution in [0.3, 0.4) is 0 Å². The summed E-state index contributed by atoms with van der Waals surface area (Å²) in [7, 11) is 0. The number of benzene rings is 1. The Morgan fingerprint density at radius 3 is 2.80 bits per heavy atom. The molecule has 0 N–H and O–H groups in total. The van der Waals surface area contributed by atoms with Crippen LogP contribution >= 0.6 is 38.9 Å². The van der Waals surface area contributed by atoms with Crippen molar-refractivity contribution in [3.05, 3.63) is 55.6 Å². The number of thiophene rings is 1. The number of hydrogen-bond acceptors (Lipinski definition) is 3. The van der Waals surface area contributed by atoms with Crippen molar-refractivity contribution in [3.63, 3.8) is 0 Å². The molecule has 0 saturated carbocycles. The van der Waals surface area contributed by atoms with E-state index < -0.39 is 0 Å². The molecule has 106 valence electrons. The summed E-state index contributed by atoms with van der Waals surface area (Å²) in [6, 6.07) is 10.1. The van der Waals surface area contributed by atoms with Gasteiger partial charge in [0.25, 0.3) is 0 Å². The lowest BCUT2D eigenvalue weighted by Crippen LogP contribution is -2.37. The molecule has 2 aromatic rings. The fourth-order valence-electron chi connectivity index (χ4n) is 2.37. The number of hydrogen-bond donors (Lipinski definition) is 0. The van der Waals surface area contributed by atoms with E-state index in [2.05, 4.69) is 44.4 Å². The molecule has 2 heterocycles. The topological polar surface area (TPSA) is 12.5 Å². The predicted molar refractivity (Wildman–Crippen MR) is 87.4 cm³/mol. The van der Waals surface area contributed by atoms with E-state index >= 15 is 0 Å². The molecule has 5 heteroatoms. The molecular weight excluding hydrogens is 358 g/mol. The van der Waals surface area contributed by atoms with E-state index in [0.29, 0.717) is 0 Å². The molecular formula is C15H15BrClNOS. The maximum atomic E-state index is 5.94. The van der Waals surface area contributed by atoms with Crippen molar-refractivity contribution < 1.29 is 4.74 Å². The summed E-state index contributed by atoms with van der Waals surface area (Å²) < 4.78 is 7.10. The van der Waals surface area contributed by atoms with Gasteiger partial charge in [-0.25, -0.2) is 0 Å². The summed E-state index contributed by atoms with van der Waals surface area (Å²) in [6.45, 7) is 3.66.